The van der Waals surface area contributed by atoms with Crippen LogP contribution in [0.3, 0.4) is 0 Å². The molecule has 1 amide bonds. The molecule has 0 spiro atoms. The second-order valence-electron chi connectivity index (χ2n) is 6.09. The topological polar surface area (TPSA) is 65.1 Å². The third-order valence-electron chi connectivity index (χ3n) is 4.19. The molecule has 1 aliphatic heterocycles. The first-order valence-electron chi connectivity index (χ1n) is 8.76. The van der Waals surface area contributed by atoms with E-state index in [4.69, 9.17) is 25.8 Å². The summed E-state index contributed by atoms with van der Waals surface area (Å²) in [5.41, 5.74) is 0.585. The average Bonchev–Trinajstić information content (AvgIpc) is 2.69. The summed E-state index contributed by atoms with van der Waals surface area (Å²) in [6, 6.07) is 9.07. The first-order chi connectivity index (χ1) is 13.5. The van der Waals surface area contributed by atoms with Crippen molar-refractivity contribution in [3.05, 3.63) is 58.4 Å². The van der Waals surface area contributed by atoms with E-state index in [0.29, 0.717) is 37.8 Å². The fourth-order valence-corrected chi connectivity index (χ4v) is 2.89. The van der Waals surface area contributed by atoms with Gasteiger partial charge in [0, 0.05) is 18.1 Å². The lowest BCUT2D eigenvalue weighted by Crippen LogP contribution is -2.34. The third kappa shape index (κ3) is 4.72. The zero-order valence-electron chi connectivity index (χ0n) is 15.2. The van der Waals surface area contributed by atoms with E-state index in [9.17, 15) is 14.0 Å². The molecule has 6 nitrogen and oxygen atoms in total. The Morgan fingerprint density at radius 1 is 1.14 bits per heavy atom. The van der Waals surface area contributed by atoms with Crippen molar-refractivity contribution in [3.8, 4) is 11.5 Å². The smallest absolute Gasteiger partial charge is 0.341 e. The number of ether oxygens (including phenoxy) is 3. The van der Waals surface area contributed by atoms with Gasteiger partial charge in [0.1, 0.15) is 19.0 Å². The largest absolute Gasteiger partial charge is 0.486 e. The minimum absolute atomic E-state index is 0.168. The predicted octanol–water partition coefficient (Wildman–Crippen LogP) is 3.46. The number of carbonyl (C=O) groups excluding carboxylic acids is 2. The molecule has 1 aliphatic rings. The Balaban J connectivity index is 1.59. The van der Waals surface area contributed by atoms with E-state index < -0.39 is 18.4 Å². The van der Waals surface area contributed by atoms with Crippen molar-refractivity contribution in [2.24, 2.45) is 0 Å². The van der Waals surface area contributed by atoms with Crippen LogP contribution in [0.25, 0.3) is 0 Å². The van der Waals surface area contributed by atoms with Crippen molar-refractivity contribution in [2.75, 3.05) is 26.4 Å². The summed E-state index contributed by atoms with van der Waals surface area (Å²) in [7, 11) is 0. The molecule has 0 saturated carbocycles. The monoisotopic (exact) mass is 407 g/mol. The fourth-order valence-electron chi connectivity index (χ4n) is 2.73. The van der Waals surface area contributed by atoms with Gasteiger partial charge in [0.15, 0.2) is 18.1 Å². The molecule has 0 atom stereocenters. The maximum atomic E-state index is 13.8. The van der Waals surface area contributed by atoms with Crippen LogP contribution in [0.4, 0.5) is 4.39 Å². The van der Waals surface area contributed by atoms with Gasteiger partial charge in [-0.15, -0.1) is 0 Å². The lowest BCUT2D eigenvalue weighted by molar-refractivity contribution is -0.135. The van der Waals surface area contributed by atoms with Gasteiger partial charge in [0.2, 0.25) is 0 Å². The van der Waals surface area contributed by atoms with Gasteiger partial charge in [-0.2, -0.15) is 0 Å². The summed E-state index contributed by atoms with van der Waals surface area (Å²) < 4.78 is 29.8. The van der Waals surface area contributed by atoms with Gasteiger partial charge in [-0.25, -0.2) is 9.18 Å². The van der Waals surface area contributed by atoms with Crippen LogP contribution in [0, 0.1) is 5.82 Å². The van der Waals surface area contributed by atoms with Crippen molar-refractivity contribution >= 4 is 23.5 Å². The lowest BCUT2D eigenvalue weighted by atomic mass is 10.1. The fraction of sp³-hybridized carbons (Fsp3) is 0.300. The van der Waals surface area contributed by atoms with Crippen LogP contribution in [0.1, 0.15) is 22.8 Å². The molecule has 1 heterocycles. The van der Waals surface area contributed by atoms with Crippen molar-refractivity contribution < 1.29 is 28.2 Å². The van der Waals surface area contributed by atoms with Crippen LogP contribution >= 0.6 is 11.6 Å². The highest BCUT2D eigenvalue weighted by molar-refractivity contribution is 6.30. The molecule has 0 aromatic heterocycles. The summed E-state index contributed by atoms with van der Waals surface area (Å²) in [6.07, 6.45) is 0. The molecule has 0 unspecified atom stereocenters. The molecule has 0 aliphatic carbocycles. The number of fused-ring (bicyclic) bond motifs is 1. The van der Waals surface area contributed by atoms with Crippen LogP contribution in [-0.2, 0) is 16.1 Å². The molecular formula is C20H19ClFNO5. The number of halogens is 2. The van der Waals surface area contributed by atoms with Gasteiger partial charge >= 0.3 is 5.97 Å². The van der Waals surface area contributed by atoms with E-state index in [-0.39, 0.29) is 16.5 Å². The first kappa shape index (κ1) is 19.9. The lowest BCUT2D eigenvalue weighted by Gasteiger charge is -2.23. The summed E-state index contributed by atoms with van der Waals surface area (Å²) in [5.74, 6) is -0.799. The van der Waals surface area contributed by atoms with Crippen molar-refractivity contribution in [3.63, 3.8) is 0 Å². The van der Waals surface area contributed by atoms with Crippen LogP contribution in [0.15, 0.2) is 36.4 Å². The molecule has 2 aromatic carbocycles. The quantitative estimate of drug-likeness (QED) is 0.686. The van der Waals surface area contributed by atoms with E-state index in [2.05, 4.69) is 0 Å². The number of carbonyl (C=O) groups is 2. The summed E-state index contributed by atoms with van der Waals surface area (Å²) in [4.78, 5) is 25.9. The number of benzene rings is 2. The number of nitrogens with zero attached hydrogens (tertiary/aromatic N) is 1. The number of rotatable bonds is 6. The minimum atomic E-state index is -0.919. The van der Waals surface area contributed by atoms with Crippen LogP contribution in [0.5, 0.6) is 11.5 Å². The molecule has 3 rings (SSSR count). The Kier molecular flexibility index (Phi) is 6.36. The number of hydrogen-bond acceptors (Lipinski definition) is 5. The molecule has 0 N–H and O–H groups in total. The highest BCUT2D eigenvalue weighted by Crippen LogP contribution is 2.31. The van der Waals surface area contributed by atoms with Gasteiger partial charge in [-0.3, -0.25) is 4.79 Å². The molecular weight excluding hydrogens is 389 g/mol. The van der Waals surface area contributed by atoms with E-state index in [1.54, 1.807) is 6.07 Å². The van der Waals surface area contributed by atoms with Crippen LogP contribution in [-0.4, -0.2) is 43.1 Å². The second-order valence-corrected chi connectivity index (χ2v) is 6.52. The zero-order valence-corrected chi connectivity index (χ0v) is 16.0. The summed E-state index contributed by atoms with van der Waals surface area (Å²) >= 11 is 5.66. The predicted molar refractivity (Wildman–Crippen MR) is 100 cm³/mol. The Hall–Kier alpha value is -2.80. The molecule has 0 fully saturated rings. The SMILES string of the molecule is CCN(Cc1ccc2c(c1)OCCO2)C(=O)COC(=O)c1ccc(Cl)cc1F. The van der Waals surface area contributed by atoms with E-state index in [1.807, 2.05) is 19.1 Å². The number of esters is 1. The van der Waals surface area contributed by atoms with E-state index in [0.717, 1.165) is 11.6 Å². The Labute approximate surface area is 166 Å². The molecule has 2 aromatic rings. The van der Waals surface area contributed by atoms with E-state index in [1.165, 1.54) is 17.0 Å². The normalized spacial score (nSPS) is 12.4. The molecule has 0 radical (unpaired) electrons. The number of hydrogen-bond donors (Lipinski definition) is 0. The molecule has 0 saturated heterocycles. The molecule has 8 heteroatoms. The Morgan fingerprint density at radius 3 is 2.61 bits per heavy atom. The number of amides is 1. The minimum Gasteiger partial charge on any atom is -0.486 e. The molecule has 0 bridgehead atoms. The Morgan fingerprint density at radius 2 is 1.89 bits per heavy atom. The third-order valence-corrected chi connectivity index (χ3v) is 4.43. The summed E-state index contributed by atoms with van der Waals surface area (Å²) in [6.45, 7) is 3.05. The van der Waals surface area contributed by atoms with E-state index >= 15 is 0 Å². The van der Waals surface area contributed by atoms with Crippen LogP contribution < -0.4 is 9.47 Å². The van der Waals surface area contributed by atoms with Gasteiger partial charge in [-0.05, 0) is 42.8 Å². The maximum Gasteiger partial charge on any atom is 0.341 e. The first-order valence-corrected chi connectivity index (χ1v) is 9.14. The van der Waals surface area contributed by atoms with Gasteiger partial charge in [-0.1, -0.05) is 17.7 Å². The zero-order chi connectivity index (χ0) is 20.1. The van der Waals surface area contributed by atoms with Crippen molar-refractivity contribution in [1.29, 1.82) is 0 Å². The molecule has 28 heavy (non-hydrogen) atoms. The standard InChI is InChI=1S/C20H19ClFNO5/c1-2-23(11-13-3-6-17-18(9-13)27-8-7-26-17)19(24)12-28-20(25)15-5-4-14(21)10-16(15)22/h3-6,9-10H,2,7-8,11-12H2,1H3. The number of likely N-dealkylation sites (N-methyl/N-ethyl adjacent to an activating group) is 1. The average molecular weight is 408 g/mol. The second kappa shape index (κ2) is 8.93. The maximum absolute atomic E-state index is 13.8. The van der Waals surface area contributed by atoms with Crippen molar-refractivity contribution in [1.82, 2.24) is 4.90 Å². The van der Waals surface area contributed by atoms with Crippen molar-refractivity contribution in [2.45, 2.75) is 13.5 Å². The van der Waals surface area contributed by atoms with Gasteiger partial charge < -0.3 is 19.1 Å². The summed E-state index contributed by atoms with van der Waals surface area (Å²) in [5, 5.41) is 0.168. The highest BCUT2D eigenvalue weighted by atomic mass is 35.5. The van der Waals surface area contributed by atoms with Crippen LogP contribution in [0.2, 0.25) is 5.02 Å². The molecule has 148 valence electrons. The van der Waals surface area contributed by atoms with Gasteiger partial charge in [0.05, 0.1) is 5.56 Å². The van der Waals surface area contributed by atoms with Gasteiger partial charge in [0.25, 0.3) is 5.91 Å². The Bertz CT molecular complexity index is 889. The highest BCUT2D eigenvalue weighted by Gasteiger charge is 2.19.